The minimum atomic E-state index is -0.751. The lowest BCUT2D eigenvalue weighted by Gasteiger charge is -2.14. The Hall–Kier alpha value is -3.66. The highest BCUT2D eigenvalue weighted by Gasteiger charge is 2.18. The first kappa shape index (κ1) is 21.1. The van der Waals surface area contributed by atoms with Crippen LogP contribution in [0.2, 0.25) is 0 Å². The van der Waals surface area contributed by atoms with Gasteiger partial charge in [0.2, 0.25) is 5.91 Å². The van der Waals surface area contributed by atoms with Gasteiger partial charge in [-0.1, -0.05) is 91.5 Å². The summed E-state index contributed by atoms with van der Waals surface area (Å²) in [5.74, 6) is -0.835. The zero-order valence-electron chi connectivity index (χ0n) is 17.0. The van der Waals surface area contributed by atoms with Crippen LogP contribution in [0.15, 0.2) is 97.1 Å². The van der Waals surface area contributed by atoms with Crippen molar-refractivity contribution in [3.8, 4) is 11.1 Å². The summed E-state index contributed by atoms with van der Waals surface area (Å²) in [5.41, 5.74) is 4.53. The summed E-state index contributed by atoms with van der Waals surface area (Å²) in [7, 11) is 0. The molecule has 0 heterocycles. The van der Waals surface area contributed by atoms with Gasteiger partial charge in [0, 0.05) is 12.0 Å². The van der Waals surface area contributed by atoms with E-state index in [1.165, 1.54) is 0 Å². The second-order valence-electron chi connectivity index (χ2n) is 7.13. The van der Waals surface area contributed by atoms with E-state index in [-0.39, 0.29) is 12.5 Å². The first-order chi connectivity index (χ1) is 14.5. The SMILES string of the molecule is C=C(Cc1ccc(-c2ccccc2)cc1)C(=O)N[C@@H](C)C(=O)OCc1ccccc1. The highest BCUT2D eigenvalue weighted by molar-refractivity contribution is 5.95. The van der Waals surface area contributed by atoms with Crippen LogP contribution in [0, 0.1) is 0 Å². The summed E-state index contributed by atoms with van der Waals surface area (Å²) < 4.78 is 5.26. The third-order valence-corrected chi connectivity index (χ3v) is 4.72. The number of benzene rings is 3. The summed E-state index contributed by atoms with van der Waals surface area (Å²) in [4.78, 5) is 24.5. The lowest BCUT2D eigenvalue weighted by atomic mass is 10.0. The Labute approximate surface area is 177 Å². The topological polar surface area (TPSA) is 55.4 Å². The molecule has 152 valence electrons. The molecule has 0 fully saturated rings. The van der Waals surface area contributed by atoms with E-state index in [1.807, 2.05) is 72.8 Å². The first-order valence-corrected chi connectivity index (χ1v) is 9.86. The number of hydrogen-bond donors (Lipinski definition) is 1. The molecule has 0 aliphatic rings. The molecule has 3 aromatic rings. The van der Waals surface area contributed by atoms with Crippen molar-refractivity contribution >= 4 is 11.9 Å². The number of carbonyl (C=O) groups excluding carboxylic acids is 2. The van der Waals surface area contributed by atoms with E-state index in [4.69, 9.17) is 4.74 Å². The molecule has 0 unspecified atom stereocenters. The third kappa shape index (κ3) is 5.92. The van der Waals surface area contributed by atoms with Crippen molar-refractivity contribution < 1.29 is 14.3 Å². The zero-order valence-corrected chi connectivity index (χ0v) is 17.0. The molecule has 1 N–H and O–H groups in total. The Morgan fingerprint density at radius 3 is 2.03 bits per heavy atom. The van der Waals surface area contributed by atoms with Crippen molar-refractivity contribution in [2.24, 2.45) is 0 Å². The van der Waals surface area contributed by atoms with Crippen molar-refractivity contribution in [2.45, 2.75) is 26.0 Å². The lowest BCUT2D eigenvalue weighted by molar-refractivity contribution is -0.148. The van der Waals surface area contributed by atoms with Gasteiger partial charge in [-0.25, -0.2) is 4.79 Å². The van der Waals surface area contributed by atoms with Crippen molar-refractivity contribution in [1.82, 2.24) is 5.32 Å². The highest BCUT2D eigenvalue weighted by Crippen LogP contribution is 2.20. The van der Waals surface area contributed by atoms with Gasteiger partial charge in [0.05, 0.1) is 0 Å². The molecule has 30 heavy (non-hydrogen) atoms. The van der Waals surface area contributed by atoms with E-state index >= 15 is 0 Å². The molecule has 0 aromatic heterocycles. The molecule has 0 spiro atoms. The molecule has 1 amide bonds. The first-order valence-electron chi connectivity index (χ1n) is 9.86. The van der Waals surface area contributed by atoms with Crippen LogP contribution in [0.3, 0.4) is 0 Å². The fraction of sp³-hybridized carbons (Fsp3) is 0.154. The number of carbonyl (C=O) groups is 2. The van der Waals surface area contributed by atoms with Gasteiger partial charge in [-0.15, -0.1) is 0 Å². The van der Waals surface area contributed by atoms with Crippen molar-refractivity contribution in [3.63, 3.8) is 0 Å². The number of nitrogens with one attached hydrogen (secondary N) is 1. The third-order valence-electron chi connectivity index (χ3n) is 4.72. The van der Waals surface area contributed by atoms with Gasteiger partial charge in [0.1, 0.15) is 12.6 Å². The smallest absolute Gasteiger partial charge is 0.328 e. The summed E-state index contributed by atoms with van der Waals surface area (Å²) in [6.07, 6.45) is 0.409. The van der Waals surface area contributed by atoms with Crippen molar-refractivity contribution in [3.05, 3.63) is 108 Å². The zero-order chi connectivity index (χ0) is 21.3. The number of rotatable bonds is 8. The monoisotopic (exact) mass is 399 g/mol. The fourth-order valence-corrected chi connectivity index (χ4v) is 2.98. The van der Waals surface area contributed by atoms with Crippen LogP contribution in [0.4, 0.5) is 0 Å². The van der Waals surface area contributed by atoms with Gasteiger partial charge in [-0.3, -0.25) is 4.79 Å². The van der Waals surface area contributed by atoms with Crippen molar-refractivity contribution in [2.75, 3.05) is 0 Å². The summed E-state index contributed by atoms with van der Waals surface area (Å²) >= 11 is 0. The summed E-state index contributed by atoms with van der Waals surface area (Å²) in [6.45, 7) is 5.65. The molecule has 1 atom stereocenters. The van der Waals surface area contributed by atoms with Gasteiger partial charge in [0.25, 0.3) is 0 Å². The standard InChI is InChI=1S/C26H25NO3/c1-19(17-21-13-15-24(16-14-21)23-11-7-4-8-12-23)25(28)27-20(2)26(29)30-18-22-9-5-3-6-10-22/h3-16,20H,1,17-18H2,2H3,(H,27,28)/t20-/m0/s1. The molecule has 0 saturated carbocycles. The second-order valence-corrected chi connectivity index (χ2v) is 7.13. The molecule has 0 bridgehead atoms. The Morgan fingerprint density at radius 2 is 1.40 bits per heavy atom. The van der Waals surface area contributed by atoms with Crippen LogP contribution in [-0.4, -0.2) is 17.9 Å². The van der Waals surface area contributed by atoms with Crippen LogP contribution in [-0.2, 0) is 27.4 Å². The molecule has 0 aliphatic carbocycles. The fourth-order valence-electron chi connectivity index (χ4n) is 2.98. The number of hydrogen-bond acceptors (Lipinski definition) is 3. The van der Waals surface area contributed by atoms with E-state index in [2.05, 4.69) is 24.0 Å². The Morgan fingerprint density at radius 1 is 0.833 bits per heavy atom. The maximum absolute atomic E-state index is 12.4. The molecule has 0 aliphatic heterocycles. The molecule has 3 rings (SSSR count). The van der Waals surface area contributed by atoms with Crippen LogP contribution >= 0.6 is 0 Å². The lowest BCUT2D eigenvalue weighted by Crippen LogP contribution is -2.40. The number of ether oxygens (including phenoxy) is 1. The van der Waals surface area contributed by atoms with Crippen molar-refractivity contribution in [1.29, 1.82) is 0 Å². The summed E-state index contributed by atoms with van der Waals surface area (Å²) in [5, 5.41) is 2.66. The van der Waals surface area contributed by atoms with Gasteiger partial charge in [-0.2, -0.15) is 0 Å². The maximum atomic E-state index is 12.4. The van der Waals surface area contributed by atoms with E-state index in [0.717, 1.165) is 22.3 Å². The van der Waals surface area contributed by atoms with Gasteiger partial charge in [-0.05, 0) is 29.2 Å². The molecule has 0 radical (unpaired) electrons. The minimum Gasteiger partial charge on any atom is -0.459 e. The maximum Gasteiger partial charge on any atom is 0.328 e. The minimum absolute atomic E-state index is 0.175. The molecule has 3 aromatic carbocycles. The average molecular weight is 399 g/mol. The van der Waals surface area contributed by atoms with Crippen LogP contribution in [0.1, 0.15) is 18.1 Å². The Balaban J connectivity index is 1.49. The molecule has 0 saturated heterocycles. The average Bonchev–Trinajstić information content (AvgIpc) is 2.79. The summed E-state index contributed by atoms with van der Waals surface area (Å²) in [6, 6.07) is 26.8. The van der Waals surface area contributed by atoms with Gasteiger partial charge < -0.3 is 10.1 Å². The molecular weight excluding hydrogens is 374 g/mol. The molecule has 4 heteroatoms. The molecule has 4 nitrogen and oxygen atoms in total. The Bertz CT molecular complexity index is 995. The van der Waals surface area contributed by atoms with E-state index < -0.39 is 12.0 Å². The van der Waals surface area contributed by atoms with Crippen LogP contribution in [0.25, 0.3) is 11.1 Å². The van der Waals surface area contributed by atoms with Crippen LogP contribution < -0.4 is 5.32 Å². The van der Waals surface area contributed by atoms with Gasteiger partial charge in [0.15, 0.2) is 0 Å². The highest BCUT2D eigenvalue weighted by atomic mass is 16.5. The quantitative estimate of drug-likeness (QED) is 0.441. The second kappa shape index (κ2) is 10.2. The predicted octanol–water partition coefficient (Wildman–Crippen LogP) is 4.70. The number of amides is 1. The Kier molecular flexibility index (Phi) is 7.17. The molecular formula is C26H25NO3. The number of esters is 1. The van der Waals surface area contributed by atoms with Crippen LogP contribution in [0.5, 0.6) is 0 Å². The van der Waals surface area contributed by atoms with Gasteiger partial charge >= 0.3 is 5.97 Å². The largest absolute Gasteiger partial charge is 0.459 e. The van der Waals surface area contributed by atoms with E-state index in [1.54, 1.807) is 6.92 Å². The predicted molar refractivity (Wildman–Crippen MR) is 119 cm³/mol. The normalized spacial score (nSPS) is 11.4. The van der Waals surface area contributed by atoms with E-state index in [0.29, 0.717) is 12.0 Å². The van der Waals surface area contributed by atoms with E-state index in [9.17, 15) is 9.59 Å².